The van der Waals surface area contributed by atoms with Crippen molar-refractivity contribution in [2.24, 2.45) is 0 Å². The molecule has 0 amide bonds. The highest BCUT2D eigenvalue weighted by Crippen LogP contribution is 1.98. The van der Waals surface area contributed by atoms with Crippen molar-refractivity contribution in [3.05, 3.63) is 11.7 Å². The molecule has 0 bridgehead atoms. The molecule has 0 saturated carbocycles. The molecule has 0 aliphatic rings. The molecule has 0 radical (unpaired) electrons. The summed E-state index contributed by atoms with van der Waals surface area (Å²) in [6.07, 6.45) is -1.22. The maximum atomic E-state index is 8.36. The minimum atomic E-state index is -1.24. The quantitative estimate of drug-likeness (QED) is 0.373. The molecular formula is C4H8O4. The summed E-state index contributed by atoms with van der Waals surface area (Å²) in [4.78, 5) is 0. The fraction of sp³-hybridized carbons (Fsp3) is 0.500. The lowest BCUT2D eigenvalue weighted by Crippen LogP contribution is -2.06. The van der Waals surface area contributed by atoms with Crippen molar-refractivity contribution < 1.29 is 20.4 Å². The molecule has 0 spiro atoms. The number of aliphatic hydroxyl groups excluding tert-OH is 3. The molecule has 1 unspecified atom stereocenters. The minimum Gasteiger partial charge on any atom is -0.504 e. The van der Waals surface area contributed by atoms with E-state index in [2.05, 4.69) is 0 Å². The molecule has 0 saturated heterocycles. The Morgan fingerprint density at radius 3 is 1.62 bits per heavy atom. The Morgan fingerprint density at radius 2 is 1.62 bits per heavy atom. The van der Waals surface area contributed by atoms with Crippen molar-refractivity contribution in [2.75, 3.05) is 0 Å². The first-order chi connectivity index (χ1) is 3.55. The predicted octanol–water partition coefficient (Wildman–Crippen LogP) is 0.210. The van der Waals surface area contributed by atoms with Gasteiger partial charge in [-0.3, -0.25) is 0 Å². The second kappa shape index (κ2) is 2.42. The molecule has 0 aliphatic carbocycles. The lowest BCUT2D eigenvalue weighted by Gasteiger charge is -1.99. The molecule has 48 valence electrons. The average Bonchev–Trinajstić information content (AvgIpc) is 1.64. The highest BCUT2D eigenvalue weighted by atomic mass is 16.5. The van der Waals surface area contributed by atoms with Crippen LogP contribution in [0.2, 0.25) is 0 Å². The first-order valence-corrected chi connectivity index (χ1v) is 2.05. The first kappa shape index (κ1) is 7.10. The van der Waals surface area contributed by atoms with E-state index in [1.54, 1.807) is 0 Å². The summed E-state index contributed by atoms with van der Waals surface area (Å²) in [6, 6.07) is 0. The van der Waals surface area contributed by atoms with Gasteiger partial charge in [-0.25, -0.2) is 0 Å². The summed E-state index contributed by atoms with van der Waals surface area (Å²) < 4.78 is 0. The van der Waals surface area contributed by atoms with Crippen LogP contribution in [0.3, 0.4) is 0 Å². The normalized spacial score (nSPS) is 12.8. The van der Waals surface area contributed by atoms with Crippen LogP contribution in [0.4, 0.5) is 0 Å². The molecule has 4 nitrogen and oxygen atoms in total. The van der Waals surface area contributed by atoms with Gasteiger partial charge in [-0.1, -0.05) is 0 Å². The van der Waals surface area contributed by atoms with Crippen molar-refractivity contribution in [1.29, 1.82) is 0 Å². The van der Waals surface area contributed by atoms with Crippen LogP contribution in [0.5, 0.6) is 0 Å². The van der Waals surface area contributed by atoms with Gasteiger partial charge >= 0.3 is 5.95 Å². The number of aliphatic hydroxyl groups is 4. The van der Waals surface area contributed by atoms with Crippen LogP contribution < -0.4 is 0 Å². The number of hydrogen-bond acceptors (Lipinski definition) is 4. The average molecular weight is 120 g/mol. The predicted molar refractivity (Wildman–Crippen MR) is 26.6 cm³/mol. The highest BCUT2D eigenvalue weighted by Gasteiger charge is 2.06. The number of rotatable bonds is 1. The van der Waals surface area contributed by atoms with Gasteiger partial charge in [0.1, 0.15) is 6.10 Å². The molecule has 0 fully saturated rings. The molecule has 0 heterocycles. The van der Waals surface area contributed by atoms with Gasteiger partial charge in [0.05, 0.1) is 0 Å². The van der Waals surface area contributed by atoms with E-state index >= 15 is 0 Å². The molecule has 4 heteroatoms. The van der Waals surface area contributed by atoms with Crippen LogP contribution in [-0.4, -0.2) is 26.5 Å². The fourth-order valence-electron chi connectivity index (χ4n) is 0.187. The van der Waals surface area contributed by atoms with E-state index in [0.717, 1.165) is 0 Å². The second-order valence-corrected chi connectivity index (χ2v) is 1.38. The van der Waals surface area contributed by atoms with E-state index in [1.807, 2.05) is 0 Å². The Kier molecular flexibility index (Phi) is 2.15. The zero-order chi connectivity index (χ0) is 6.73. The molecule has 8 heavy (non-hydrogen) atoms. The largest absolute Gasteiger partial charge is 0.504 e. The maximum absolute atomic E-state index is 8.36. The fourth-order valence-corrected chi connectivity index (χ4v) is 0.187. The van der Waals surface area contributed by atoms with Crippen molar-refractivity contribution in [2.45, 2.75) is 13.0 Å². The van der Waals surface area contributed by atoms with Gasteiger partial charge in [0.25, 0.3) is 0 Å². The molecule has 0 aromatic rings. The van der Waals surface area contributed by atoms with E-state index in [9.17, 15) is 0 Å². The van der Waals surface area contributed by atoms with Crippen molar-refractivity contribution >= 4 is 0 Å². The van der Waals surface area contributed by atoms with Crippen LogP contribution in [0.15, 0.2) is 11.7 Å². The highest BCUT2D eigenvalue weighted by molar-refractivity contribution is 4.94. The Morgan fingerprint density at radius 1 is 1.25 bits per heavy atom. The number of hydrogen-bond donors (Lipinski definition) is 4. The van der Waals surface area contributed by atoms with Crippen LogP contribution in [-0.2, 0) is 0 Å². The van der Waals surface area contributed by atoms with Crippen LogP contribution in [0, 0.1) is 0 Å². The SMILES string of the molecule is CC(O)C(O)=C(O)O. The minimum absolute atomic E-state index is 0.815. The third-order valence-corrected chi connectivity index (χ3v) is 0.625. The van der Waals surface area contributed by atoms with Gasteiger partial charge in [-0.05, 0) is 6.92 Å². The zero-order valence-corrected chi connectivity index (χ0v) is 4.37. The van der Waals surface area contributed by atoms with Crippen LogP contribution >= 0.6 is 0 Å². The Labute approximate surface area is 46.3 Å². The maximum Gasteiger partial charge on any atom is 0.316 e. The van der Waals surface area contributed by atoms with Gasteiger partial charge in [0.15, 0.2) is 0 Å². The van der Waals surface area contributed by atoms with Gasteiger partial charge in [0, 0.05) is 0 Å². The Bertz CT molecular complexity index is 101. The van der Waals surface area contributed by atoms with Gasteiger partial charge in [0.2, 0.25) is 5.76 Å². The van der Waals surface area contributed by atoms with Crippen LogP contribution in [0.1, 0.15) is 6.92 Å². The van der Waals surface area contributed by atoms with Crippen molar-refractivity contribution in [1.82, 2.24) is 0 Å². The van der Waals surface area contributed by atoms with Crippen LogP contribution in [0.25, 0.3) is 0 Å². The van der Waals surface area contributed by atoms with E-state index in [-0.39, 0.29) is 0 Å². The molecule has 0 aromatic carbocycles. The van der Waals surface area contributed by atoms with E-state index in [1.165, 1.54) is 6.92 Å². The molecular weight excluding hydrogens is 112 g/mol. The summed E-state index contributed by atoms with van der Waals surface area (Å²) in [5.41, 5.74) is 0. The molecule has 0 aromatic heterocycles. The molecule has 0 rings (SSSR count). The summed E-state index contributed by atoms with van der Waals surface area (Å²) in [5.74, 6) is -2.05. The topological polar surface area (TPSA) is 80.9 Å². The summed E-state index contributed by atoms with van der Waals surface area (Å²) in [5, 5.41) is 32.7. The summed E-state index contributed by atoms with van der Waals surface area (Å²) in [6.45, 7) is 1.21. The Hall–Kier alpha value is -0.900. The van der Waals surface area contributed by atoms with Gasteiger partial charge in [-0.15, -0.1) is 0 Å². The molecule has 4 N–H and O–H groups in total. The summed E-state index contributed by atoms with van der Waals surface area (Å²) in [7, 11) is 0. The van der Waals surface area contributed by atoms with Crippen molar-refractivity contribution in [3.8, 4) is 0 Å². The summed E-state index contributed by atoms with van der Waals surface area (Å²) >= 11 is 0. The van der Waals surface area contributed by atoms with Gasteiger partial charge < -0.3 is 20.4 Å². The van der Waals surface area contributed by atoms with E-state index < -0.39 is 17.8 Å². The van der Waals surface area contributed by atoms with E-state index in [0.29, 0.717) is 0 Å². The first-order valence-electron chi connectivity index (χ1n) is 2.05. The third-order valence-electron chi connectivity index (χ3n) is 0.625. The lowest BCUT2D eigenvalue weighted by atomic mass is 10.3. The zero-order valence-electron chi connectivity index (χ0n) is 4.37. The molecule has 0 aliphatic heterocycles. The second-order valence-electron chi connectivity index (χ2n) is 1.38. The monoisotopic (exact) mass is 120 g/mol. The third kappa shape index (κ3) is 1.70. The lowest BCUT2D eigenvalue weighted by molar-refractivity contribution is 0.106. The van der Waals surface area contributed by atoms with Crippen molar-refractivity contribution in [3.63, 3.8) is 0 Å². The smallest absolute Gasteiger partial charge is 0.316 e. The standard InChI is InChI=1S/C4H8O4/c1-2(5)3(6)4(7)8/h2,5-8H,1H3. The van der Waals surface area contributed by atoms with Gasteiger partial charge in [-0.2, -0.15) is 0 Å². The molecule has 1 atom stereocenters. The van der Waals surface area contributed by atoms with E-state index in [4.69, 9.17) is 20.4 Å². The Balaban J connectivity index is 4.00.